The smallest absolute Gasteiger partial charge is 0.321 e. The number of methoxy groups -OCH3 is 1. The zero-order chi connectivity index (χ0) is 16.3. The van der Waals surface area contributed by atoms with Crippen molar-refractivity contribution >= 4 is 5.97 Å². The molecule has 2 bridgehead atoms. The van der Waals surface area contributed by atoms with E-state index in [2.05, 4.69) is 36.4 Å². The maximum Gasteiger partial charge on any atom is 0.321 e. The van der Waals surface area contributed by atoms with Crippen molar-refractivity contribution in [3.8, 4) is 0 Å². The molecule has 0 heterocycles. The average Bonchev–Trinajstić information content (AvgIpc) is 3.32. The Balaban J connectivity index is 1.84. The van der Waals surface area contributed by atoms with Crippen LogP contribution in [-0.2, 0) is 14.9 Å². The highest BCUT2D eigenvalue weighted by Gasteiger charge is 2.66. The van der Waals surface area contributed by atoms with E-state index in [4.69, 9.17) is 4.74 Å². The fraction of sp³-hybridized carbons (Fsp3) is 0.409. The molecule has 2 heteroatoms. The molecule has 2 aromatic rings. The average molecular weight is 318 g/mol. The molecule has 5 atom stereocenters. The van der Waals surface area contributed by atoms with Gasteiger partial charge in [0.25, 0.3) is 0 Å². The highest BCUT2D eigenvalue weighted by molar-refractivity contribution is 5.90. The van der Waals surface area contributed by atoms with Gasteiger partial charge in [-0.1, -0.05) is 54.6 Å². The van der Waals surface area contributed by atoms with Crippen LogP contribution in [0, 0.1) is 17.8 Å². The third-order valence-electron chi connectivity index (χ3n) is 6.90. The van der Waals surface area contributed by atoms with Gasteiger partial charge in [-0.25, -0.2) is 0 Å². The summed E-state index contributed by atoms with van der Waals surface area (Å²) in [6.07, 6.45) is 3.84. The molecule has 0 saturated heterocycles. The highest BCUT2D eigenvalue weighted by Crippen LogP contribution is 2.69. The van der Waals surface area contributed by atoms with Crippen LogP contribution in [0.25, 0.3) is 0 Å². The molecule has 2 saturated carbocycles. The highest BCUT2D eigenvalue weighted by atomic mass is 16.5. The van der Waals surface area contributed by atoms with E-state index in [0.29, 0.717) is 17.8 Å². The second kappa shape index (κ2) is 4.95. The summed E-state index contributed by atoms with van der Waals surface area (Å²) in [5.74, 6) is 2.15. The monoisotopic (exact) mass is 318 g/mol. The van der Waals surface area contributed by atoms with Gasteiger partial charge in [-0.3, -0.25) is 4.79 Å². The van der Waals surface area contributed by atoms with Crippen LogP contribution in [-0.4, -0.2) is 13.1 Å². The van der Waals surface area contributed by atoms with Crippen molar-refractivity contribution in [1.82, 2.24) is 0 Å². The van der Waals surface area contributed by atoms with Gasteiger partial charge in [0.15, 0.2) is 0 Å². The quantitative estimate of drug-likeness (QED) is 0.772. The molecule has 0 radical (unpaired) electrons. The van der Waals surface area contributed by atoms with E-state index in [1.807, 2.05) is 18.2 Å². The molecule has 0 aromatic heterocycles. The Morgan fingerprint density at radius 1 is 1.00 bits per heavy atom. The van der Waals surface area contributed by atoms with Crippen LogP contribution in [0.15, 0.2) is 54.6 Å². The second-order valence-electron chi connectivity index (χ2n) is 7.64. The lowest BCUT2D eigenvalue weighted by atomic mass is 9.63. The number of carbonyl (C=O) groups is 1. The van der Waals surface area contributed by atoms with E-state index in [9.17, 15) is 4.79 Å². The fourth-order valence-corrected chi connectivity index (χ4v) is 6.26. The summed E-state index contributed by atoms with van der Waals surface area (Å²) in [6.45, 7) is 0. The van der Waals surface area contributed by atoms with Crippen LogP contribution in [0.2, 0.25) is 0 Å². The van der Waals surface area contributed by atoms with E-state index >= 15 is 0 Å². The van der Waals surface area contributed by atoms with Gasteiger partial charge in [-0.15, -0.1) is 0 Å². The topological polar surface area (TPSA) is 26.3 Å². The predicted octanol–water partition coefficient (Wildman–Crippen LogP) is 4.29. The van der Waals surface area contributed by atoms with Crippen molar-refractivity contribution in [2.75, 3.05) is 7.11 Å². The predicted molar refractivity (Wildman–Crippen MR) is 92.7 cm³/mol. The molecular formula is C22H22O2. The van der Waals surface area contributed by atoms with E-state index in [1.54, 1.807) is 0 Å². The van der Waals surface area contributed by atoms with Crippen molar-refractivity contribution in [3.05, 3.63) is 71.3 Å². The Hall–Kier alpha value is -2.09. The van der Waals surface area contributed by atoms with Gasteiger partial charge in [0.05, 0.1) is 7.11 Å². The molecule has 122 valence electrons. The first-order valence-corrected chi connectivity index (χ1v) is 9.01. The van der Waals surface area contributed by atoms with Gasteiger partial charge < -0.3 is 4.74 Å². The van der Waals surface area contributed by atoms with Crippen LogP contribution in [0.1, 0.15) is 41.9 Å². The summed E-state index contributed by atoms with van der Waals surface area (Å²) in [5.41, 5.74) is 3.06. The number of ether oxygens (including phenoxy) is 1. The van der Waals surface area contributed by atoms with E-state index < -0.39 is 5.41 Å². The van der Waals surface area contributed by atoms with Gasteiger partial charge >= 0.3 is 5.97 Å². The molecule has 5 unspecified atom stereocenters. The zero-order valence-electron chi connectivity index (χ0n) is 13.9. The summed E-state index contributed by atoms with van der Waals surface area (Å²) in [7, 11) is 1.54. The third-order valence-corrected chi connectivity index (χ3v) is 6.90. The van der Waals surface area contributed by atoms with Crippen molar-refractivity contribution in [1.29, 1.82) is 0 Å². The molecule has 24 heavy (non-hydrogen) atoms. The summed E-state index contributed by atoms with van der Waals surface area (Å²) in [4.78, 5) is 13.3. The normalized spacial score (nSPS) is 35.5. The Bertz CT molecular complexity index is 797. The number of hydrogen-bond donors (Lipinski definition) is 0. The Labute approximate surface area is 142 Å². The maximum absolute atomic E-state index is 13.3. The molecule has 0 amide bonds. The molecule has 0 spiro atoms. The summed E-state index contributed by atoms with van der Waals surface area (Å²) < 4.78 is 5.43. The molecule has 0 aliphatic heterocycles. The standard InChI is InChI=1S/C22H22O2/c1-24-21(23)22(16-7-3-2-4-8-16)18-10-6-5-9-17(18)19-14-11-12-15(13-14)20(19)22/h2-10,14-15,19-20H,11-13H2,1H3. The van der Waals surface area contributed by atoms with Crippen LogP contribution in [0.5, 0.6) is 0 Å². The minimum absolute atomic E-state index is 0.0822. The number of hydrogen-bond acceptors (Lipinski definition) is 2. The van der Waals surface area contributed by atoms with Crippen LogP contribution >= 0.6 is 0 Å². The van der Waals surface area contributed by atoms with Crippen LogP contribution in [0.3, 0.4) is 0 Å². The minimum Gasteiger partial charge on any atom is -0.468 e. The van der Waals surface area contributed by atoms with Gasteiger partial charge in [0, 0.05) is 0 Å². The van der Waals surface area contributed by atoms with Crippen LogP contribution < -0.4 is 0 Å². The molecule has 3 aliphatic carbocycles. The second-order valence-corrected chi connectivity index (χ2v) is 7.64. The first kappa shape index (κ1) is 14.3. The molecule has 5 rings (SSSR count). The van der Waals surface area contributed by atoms with E-state index in [1.165, 1.54) is 37.5 Å². The number of esters is 1. The molecular weight excluding hydrogens is 296 g/mol. The lowest BCUT2D eigenvalue weighted by Crippen LogP contribution is -2.45. The third kappa shape index (κ3) is 1.54. The number of carbonyl (C=O) groups excluding carboxylic acids is 1. The van der Waals surface area contributed by atoms with Gasteiger partial charge in [0.2, 0.25) is 0 Å². The summed E-state index contributed by atoms with van der Waals surface area (Å²) in [6, 6.07) is 18.9. The first-order chi connectivity index (χ1) is 11.8. The maximum atomic E-state index is 13.3. The largest absolute Gasteiger partial charge is 0.468 e. The lowest BCUT2D eigenvalue weighted by Gasteiger charge is -2.38. The summed E-state index contributed by atoms with van der Waals surface area (Å²) in [5, 5.41) is 0. The Morgan fingerprint density at radius 2 is 1.71 bits per heavy atom. The SMILES string of the molecule is COC(=O)C1(c2ccccc2)c2ccccc2C2C3CCC(C3)C21. The molecule has 2 fully saturated rings. The fourth-order valence-electron chi connectivity index (χ4n) is 6.26. The molecule has 3 aliphatic rings. The van der Waals surface area contributed by atoms with Gasteiger partial charge in [0.1, 0.15) is 5.41 Å². The molecule has 0 N–H and O–H groups in total. The Kier molecular flexibility index (Phi) is 2.94. The van der Waals surface area contributed by atoms with E-state index in [0.717, 1.165) is 11.5 Å². The van der Waals surface area contributed by atoms with Crippen molar-refractivity contribution < 1.29 is 9.53 Å². The van der Waals surface area contributed by atoms with Crippen molar-refractivity contribution in [3.63, 3.8) is 0 Å². The number of rotatable bonds is 2. The van der Waals surface area contributed by atoms with Crippen LogP contribution in [0.4, 0.5) is 0 Å². The zero-order valence-corrected chi connectivity index (χ0v) is 13.9. The van der Waals surface area contributed by atoms with Gasteiger partial charge in [-0.2, -0.15) is 0 Å². The lowest BCUT2D eigenvalue weighted by molar-refractivity contribution is -0.148. The molecule has 2 aromatic carbocycles. The summed E-state index contributed by atoms with van der Waals surface area (Å²) >= 11 is 0. The van der Waals surface area contributed by atoms with Gasteiger partial charge in [-0.05, 0) is 59.6 Å². The van der Waals surface area contributed by atoms with Crippen molar-refractivity contribution in [2.45, 2.75) is 30.6 Å². The van der Waals surface area contributed by atoms with Crippen molar-refractivity contribution in [2.24, 2.45) is 17.8 Å². The van der Waals surface area contributed by atoms with E-state index in [-0.39, 0.29) is 5.97 Å². The molecule has 2 nitrogen and oxygen atoms in total. The first-order valence-electron chi connectivity index (χ1n) is 9.01. The number of fused-ring (bicyclic) bond motifs is 7. The number of benzene rings is 2. The minimum atomic E-state index is -0.628. The Morgan fingerprint density at radius 3 is 2.50 bits per heavy atom.